The Morgan fingerprint density at radius 3 is 1.55 bits per heavy atom. The van der Waals surface area contributed by atoms with Crippen molar-refractivity contribution in [3.8, 4) is 6.07 Å². The van der Waals surface area contributed by atoms with Gasteiger partial charge in [-0.25, -0.2) is 0 Å². The number of carbonyl (C=O) groups excluding carboxylic acids is 1. The molecule has 0 bridgehead atoms. The second-order valence-corrected chi connectivity index (χ2v) is 20.8. The van der Waals surface area contributed by atoms with Gasteiger partial charge in [-0.3, -0.25) is 14.9 Å². The normalized spacial score (nSPS) is 27.0. The Balaban J connectivity index is 0.000000264. The number of nitrogens with one attached hydrogen (secondary N) is 1. The van der Waals surface area contributed by atoms with E-state index in [0.29, 0.717) is 19.0 Å². The average molecular weight is 825 g/mol. The van der Waals surface area contributed by atoms with Crippen molar-refractivity contribution in [2.45, 2.75) is 243 Å². The second-order valence-electron chi connectivity index (χ2n) is 20.8. The van der Waals surface area contributed by atoms with E-state index in [9.17, 15) is 15.3 Å². The molecule has 58 heavy (non-hydrogen) atoms. The molecule has 7 rings (SSSR count). The molecule has 7 aliphatic rings. The first-order chi connectivity index (χ1) is 26.6. The summed E-state index contributed by atoms with van der Waals surface area (Å²) in [4.78, 5) is 16.5. The van der Waals surface area contributed by atoms with Crippen LogP contribution in [0.5, 0.6) is 0 Å². The first kappa shape index (κ1) is 52.9. The highest BCUT2D eigenvalue weighted by atomic mass is 16.7. The molecular weight excluding hydrogens is 739 g/mol. The van der Waals surface area contributed by atoms with Crippen LogP contribution < -0.4 is 11.1 Å². The van der Waals surface area contributed by atoms with E-state index in [1.165, 1.54) is 82.1 Å². The highest BCUT2D eigenvalue weighted by Gasteiger charge is 2.54. The van der Waals surface area contributed by atoms with Crippen LogP contribution in [0.4, 0.5) is 0 Å². The van der Waals surface area contributed by atoms with Gasteiger partial charge in [-0.2, -0.15) is 10.3 Å². The van der Waals surface area contributed by atoms with E-state index in [1.807, 2.05) is 32.8 Å². The van der Waals surface area contributed by atoms with Gasteiger partial charge in [0.2, 0.25) is 0 Å². The Kier molecular flexibility index (Phi) is 20.7. The summed E-state index contributed by atoms with van der Waals surface area (Å²) >= 11 is 0. The fourth-order valence-corrected chi connectivity index (χ4v) is 8.87. The Morgan fingerprint density at radius 1 is 0.759 bits per heavy atom. The zero-order valence-corrected chi connectivity index (χ0v) is 38.4. The predicted octanol–water partition coefficient (Wildman–Crippen LogP) is 8.49. The SMILES string of the molecule is CC(C)(N)CO.CC(C)C(C#N)ON1C(C)(C)COC12CCCCC2.CC1(C)COC2(CCCCC2)N1.CC1(C)COC2(CCCCC2)N1O.O=C1CCCCC1.[OH-]. The van der Waals surface area contributed by atoms with Gasteiger partial charge in [0.15, 0.2) is 6.10 Å². The highest BCUT2D eigenvalue weighted by molar-refractivity contribution is 5.78. The maximum Gasteiger partial charge on any atom is 0.168 e. The summed E-state index contributed by atoms with van der Waals surface area (Å²) in [6.45, 7) is 22.6. The zero-order valence-electron chi connectivity index (χ0n) is 38.4. The minimum atomic E-state index is -0.403. The lowest BCUT2D eigenvalue weighted by atomic mass is 9.90. The fraction of sp³-hybridized carbons (Fsp3) is 0.956. The predicted molar refractivity (Wildman–Crippen MR) is 227 cm³/mol. The van der Waals surface area contributed by atoms with E-state index in [4.69, 9.17) is 29.9 Å². The molecule has 340 valence electrons. The molecule has 13 nitrogen and oxygen atoms in total. The number of aliphatic hydroxyl groups is 1. The van der Waals surface area contributed by atoms with Crippen molar-refractivity contribution in [3.63, 3.8) is 0 Å². The lowest BCUT2D eigenvalue weighted by Crippen LogP contribution is -2.54. The molecule has 0 aromatic rings. The van der Waals surface area contributed by atoms with Crippen molar-refractivity contribution in [3.05, 3.63) is 0 Å². The van der Waals surface area contributed by atoms with Gasteiger partial charge in [0.05, 0.1) is 43.6 Å². The van der Waals surface area contributed by atoms with E-state index >= 15 is 0 Å². The summed E-state index contributed by atoms with van der Waals surface area (Å²) in [5.74, 6) is 0.647. The molecule has 1 unspecified atom stereocenters. The molecule has 4 saturated carbocycles. The molecule has 7 fully saturated rings. The third-order valence-electron chi connectivity index (χ3n) is 12.2. The molecule has 6 N–H and O–H groups in total. The molecule has 13 heteroatoms. The van der Waals surface area contributed by atoms with Crippen LogP contribution in [0, 0.1) is 17.2 Å². The first-order valence-corrected chi connectivity index (χ1v) is 22.5. The van der Waals surface area contributed by atoms with E-state index in [1.54, 1.807) is 13.8 Å². The van der Waals surface area contributed by atoms with Gasteiger partial charge < -0.3 is 35.7 Å². The van der Waals surface area contributed by atoms with E-state index in [2.05, 4.69) is 39.1 Å². The number of hydroxylamine groups is 4. The quantitative estimate of drug-likeness (QED) is 0.211. The smallest absolute Gasteiger partial charge is 0.168 e. The number of nitrogens with two attached hydrogens (primary N) is 1. The molecule has 3 aliphatic heterocycles. The van der Waals surface area contributed by atoms with Crippen molar-refractivity contribution in [2.75, 3.05) is 26.4 Å². The lowest BCUT2D eigenvalue weighted by molar-refractivity contribution is -0.310. The van der Waals surface area contributed by atoms with Crippen molar-refractivity contribution >= 4 is 5.78 Å². The lowest BCUT2D eigenvalue weighted by Gasteiger charge is -2.44. The van der Waals surface area contributed by atoms with Crippen LogP contribution in [0.25, 0.3) is 0 Å². The molecule has 0 amide bonds. The Labute approximate surface area is 352 Å². The number of hydrogen-bond acceptors (Lipinski definition) is 13. The molecule has 0 aromatic carbocycles. The molecule has 3 heterocycles. The monoisotopic (exact) mass is 825 g/mol. The van der Waals surface area contributed by atoms with Crippen molar-refractivity contribution in [1.82, 2.24) is 15.4 Å². The number of Topliss-reactive ketones (excluding diaryl/α,β-unsaturated/α-hetero) is 1. The van der Waals surface area contributed by atoms with Crippen LogP contribution in [0.1, 0.15) is 198 Å². The highest BCUT2D eigenvalue weighted by Crippen LogP contribution is 2.45. The van der Waals surface area contributed by atoms with Gasteiger partial charge in [-0.15, -0.1) is 5.06 Å². The largest absolute Gasteiger partial charge is 0.870 e. The third kappa shape index (κ3) is 15.6. The number of rotatable bonds is 4. The van der Waals surface area contributed by atoms with Gasteiger partial charge in [0, 0.05) is 23.9 Å². The minimum absolute atomic E-state index is 0. The Hall–Kier alpha value is -1.28. The van der Waals surface area contributed by atoms with Crippen LogP contribution in [0.3, 0.4) is 0 Å². The van der Waals surface area contributed by atoms with E-state index in [-0.39, 0.29) is 51.8 Å². The van der Waals surface area contributed by atoms with Crippen LogP contribution >= 0.6 is 0 Å². The van der Waals surface area contributed by atoms with Crippen LogP contribution in [-0.4, -0.2) is 104 Å². The average Bonchev–Trinajstić information content (AvgIpc) is 3.68. The van der Waals surface area contributed by atoms with E-state index < -0.39 is 11.6 Å². The molecule has 0 aromatic heterocycles. The van der Waals surface area contributed by atoms with Gasteiger partial charge in [0.25, 0.3) is 0 Å². The minimum Gasteiger partial charge on any atom is -0.870 e. The molecule has 4 aliphatic carbocycles. The van der Waals surface area contributed by atoms with Crippen LogP contribution in [-0.2, 0) is 23.8 Å². The molecule has 3 saturated heterocycles. The topological polar surface area (TPSA) is 193 Å². The van der Waals surface area contributed by atoms with Crippen molar-refractivity contribution in [1.29, 1.82) is 5.26 Å². The number of aliphatic hydroxyl groups excluding tert-OH is 1. The number of carbonyl (C=O) groups is 1. The Morgan fingerprint density at radius 2 is 1.19 bits per heavy atom. The summed E-state index contributed by atoms with van der Waals surface area (Å²) in [6, 6.07) is 2.27. The first-order valence-electron chi connectivity index (χ1n) is 22.5. The van der Waals surface area contributed by atoms with Crippen molar-refractivity contribution < 1.29 is 39.6 Å². The summed E-state index contributed by atoms with van der Waals surface area (Å²) in [5, 5.41) is 34.7. The molecular formula is C45H86N5O8-. The summed E-state index contributed by atoms with van der Waals surface area (Å²) < 4.78 is 17.8. The molecule has 1 atom stereocenters. The number of nitrogens with zero attached hydrogens (tertiary/aromatic N) is 3. The third-order valence-corrected chi connectivity index (χ3v) is 12.2. The van der Waals surface area contributed by atoms with Gasteiger partial charge in [-0.05, 0) is 151 Å². The van der Waals surface area contributed by atoms with E-state index in [0.717, 1.165) is 58.0 Å². The molecule has 0 radical (unpaired) electrons. The standard InChI is InChI=1S/C15H26N2O2.C10H19NO2.C10H19NO.C6H10O.C4H11NO.H2O/c1-12(2)13(10-16)19-17-14(3,4)11-18-15(17)8-6-5-7-9-15;1-9(2)8-13-10(11(9)12)6-4-3-5-7-10;1-9(2)8-12-10(11-9)6-4-3-5-7-10;7-6-4-2-1-3-5-6;1-4(2,5)3-6;/h12-13H,5-9,11H2,1-4H3;12H,3-8H2,1-2H3;11H,3-8H2,1-2H3;1-5H2;6H,3,5H2,1-2H3;1H2/p-1. The van der Waals surface area contributed by atoms with Gasteiger partial charge in [-0.1, -0.05) is 39.5 Å². The molecule has 3 spiro atoms. The van der Waals surface area contributed by atoms with Gasteiger partial charge >= 0.3 is 0 Å². The summed E-state index contributed by atoms with van der Waals surface area (Å²) in [7, 11) is 0. The summed E-state index contributed by atoms with van der Waals surface area (Å²) in [6.07, 6.45) is 22.5. The summed E-state index contributed by atoms with van der Waals surface area (Å²) in [5.41, 5.74) is 4.11. The maximum atomic E-state index is 10.5. The second kappa shape index (κ2) is 22.7. The van der Waals surface area contributed by atoms with Gasteiger partial charge in [0.1, 0.15) is 23.0 Å². The number of ether oxygens (including phenoxy) is 3. The fourth-order valence-electron chi connectivity index (χ4n) is 8.87. The Bertz CT molecular complexity index is 1240. The number of hydrogen-bond donors (Lipinski definition) is 4. The van der Waals surface area contributed by atoms with Crippen molar-refractivity contribution in [2.24, 2.45) is 11.7 Å². The number of ketones is 1. The van der Waals surface area contributed by atoms with Crippen LogP contribution in [0.2, 0.25) is 0 Å². The zero-order chi connectivity index (χ0) is 42.6. The maximum absolute atomic E-state index is 10.5. The van der Waals surface area contributed by atoms with Crippen LogP contribution in [0.15, 0.2) is 0 Å². The number of nitriles is 1.